The molecule has 0 spiro atoms. The van der Waals surface area contributed by atoms with Gasteiger partial charge in [-0.1, -0.05) is 20.8 Å². The number of nitrogens with zero attached hydrogens (tertiary/aromatic N) is 2. The lowest BCUT2D eigenvalue weighted by Gasteiger charge is -2.16. The van der Waals surface area contributed by atoms with Gasteiger partial charge in [-0.2, -0.15) is 0 Å². The maximum absolute atomic E-state index is 4.34. The van der Waals surface area contributed by atoms with Crippen LogP contribution < -0.4 is 5.32 Å². The molecule has 0 amide bonds. The molecule has 0 aliphatic heterocycles. The van der Waals surface area contributed by atoms with Gasteiger partial charge >= 0.3 is 0 Å². The molecule has 1 N–H and O–H groups in total. The molecule has 0 aliphatic carbocycles. The van der Waals surface area contributed by atoms with Crippen molar-refractivity contribution in [2.45, 2.75) is 26.2 Å². The fourth-order valence-corrected chi connectivity index (χ4v) is 0.859. The molecule has 0 aromatic carbocycles. The van der Waals surface area contributed by atoms with Gasteiger partial charge in [-0.15, -0.1) is 0 Å². The third kappa shape index (κ3) is 1.94. The quantitative estimate of drug-likeness (QED) is 0.689. The van der Waals surface area contributed by atoms with Crippen LogP contribution in [0.4, 0.5) is 5.82 Å². The smallest absolute Gasteiger partial charge is 0.135 e. The van der Waals surface area contributed by atoms with E-state index in [1.54, 1.807) is 6.20 Å². The van der Waals surface area contributed by atoms with E-state index in [-0.39, 0.29) is 5.41 Å². The zero-order chi connectivity index (χ0) is 9.19. The highest BCUT2D eigenvalue weighted by Gasteiger charge is 2.16. The Bertz CT molecular complexity index is 263. The molecule has 0 fully saturated rings. The molecule has 0 unspecified atom stereocenters. The Hall–Kier alpha value is -1.12. The number of aromatic nitrogens is 2. The van der Waals surface area contributed by atoms with Gasteiger partial charge in [0.15, 0.2) is 0 Å². The minimum Gasteiger partial charge on any atom is -0.373 e. The van der Waals surface area contributed by atoms with Crippen LogP contribution in [-0.4, -0.2) is 17.0 Å². The van der Waals surface area contributed by atoms with E-state index in [1.807, 2.05) is 13.1 Å². The molecule has 1 aromatic heterocycles. The molecule has 66 valence electrons. The third-order valence-corrected chi connectivity index (χ3v) is 1.58. The van der Waals surface area contributed by atoms with Crippen molar-refractivity contribution in [3.05, 3.63) is 18.1 Å². The van der Waals surface area contributed by atoms with Gasteiger partial charge in [-0.25, -0.2) is 9.97 Å². The first-order valence-electron chi connectivity index (χ1n) is 4.05. The van der Waals surface area contributed by atoms with E-state index >= 15 is 0 Å². The molecule has 3 nitrogen and oxygen atoms in total. The van der Waals surface area contributed by atoms with Crippen LogP contribution in [0.2, 0.25) is 0 Å². The van der Waals surface area contributed by atoms with Gasteiger partial charge in [-0.05, 0) is 6.07 Å². The highest BCUT2D eigenvalue weighted by Crippen LogP contribution is 2.18. The van der Waals surface area contributed by atoms with Crippen LogP contribution in [0.5, 0.6) is 0 Å². The Labute approximate surface area is 73.2 Å². The Balaban J connectivity index is 3.02. The molecule has 1 rings (SSSR count). The molecule has 0 atom stereocenters. The summed E-state index contributed by atoms with van der Waals surface area (Å²) in [5.74, 6) is 1.74. The van der Waals surface area contributed by atoms with E-state index in [0.29, 0.717) is 0 Å². The normalized spacial score (nSPS) is 11.3. The van der Waals surface area contributed by atoms with Gasteiger partial charge in [0.25, 0.3) is 0 Å². The molecule has 12 heavy (non-hydrogen) atoms. The SMILES string of the molecule is CNc1ccnc(C(C)(C)C)n1. The van der Waals surface area contributed by atoms with E-state index in [2.05, 4.69) is 36.1 Å². The van der Waals surface area contributed by atoms with Gasteiger partial charge in [0.2, 0.25) is 0 Å². The van der Waals surface area contributed by atoms with Gasteiger partial charge in [0.05, 0.1) is 0 Å². The lowest BCUT2D eigenvalue weighted by atomic mass is 9.96. The fourth-order valence-electron chi connectivity index (χ4n) is 0.859. The summed E-state index contributed by atoms with van der Waals surface area (Å²) in [4.78, 5) is 8.55. The van der Waals surface area contributed by atoms with Crippen LogP contribution in [0.1, 0.15) is 26.6 Å². The summed E-state index contributed by atoms with van der Waals surface area (Å²) in [5.41, 5.74) is 0.0207. The number of rotatable bonds is 1. The van der Waals surface area contributed by atoms with Gasteiger partial charge in [0.1, 0.15) is 11.6 Å². The molecule has 1 aromatic rings. The third-order valence-electron chi connectivity index (χ3n) is 1.58. The molecular formula is C9H15N3. The van der Waals surface area contributed by atoms with Crippen molar-refractivity contribution in [2.24, 2.45) is 0 Å². The standard InChI is InChI=1S/C9H15N3/c1-9(2,3)8-11-6-5-7(10-4)12-8/h5-6H,1-4H3,(H,10,11,12). The highest BCUT2D eigenvalue weighted by atomic mass is 15.0. The Morgan fingerprint density at radius 1 is 1.33 bits per heavy atom. The number of hydrogen-bond donors (Lipinski definition) is 1. The van der Waals surface area contributed by atoms with Crippen molar-refractivity contribution in [3.8, 4) is 0 Å². The first-order chi connectivity index (χ1) is 5.54. The van der Waals surface area contributed by atoms with Crippen LogP contribution in [0, 0.1) is 0 Å². The highest BCUT2D eigenvalue weighted by molar-refractivity contribution is 5.32. The predicted octanol–water partition coefficient (Wildman–Crippen LogP) is 1.82. The van der Waals surface area contributed by atoms with E-state index < -0.39 is 0 Å². The second-order valence-electron chi connectivity index (χ2n) is 3.77. The van der Waals surface area contributed by atoms with Crippen LogP contribution in [0.25, 0.3) is 0 Å². The first-order valence-corrected chi connectivity index (χ1v) is 4.05. The monoisotopic (exact) mass is 165 g/mol. The Kier molecular flexibility index (Phi) is 2.31. The maximum Gasteiger partial charge on any atom is 0.135 e. The first kappa shape index (κ1) is 8.97. The summed E-state index contributed by atoms with van der Waals surface area (Å²) < 4.78 is 0. The van der Waals surface area contributed by atoms with Crippen molar-refractivity contribution >= 4 is 5.82 Å². The second-order valence-corrected chi connectivity index (χ2v) is 3.77. The zero-order valence-corrected chi connectivity index (χ0v) is 8.05. The summed E-state index contributed by atoms with van der Waals surface area (Å²) in [6.45, 7) is 6.30. The van der Waals surface area contributed by atoms with Gasteiger partial charge in [0, 0.05) is 18.7 Å². The largest absolute Gasteiger partial charge is 0.373 e. The summed E-state index contributed by atoms with van der Waals surface area (Å²) in [6, 6.07) is 1.86. The second kappa shape index (κ2) is 3.09. The molecule has 0 aliphatic rings. The van der Waals surface area contributed by atoms with Crippen molar-refractivity contribution in [1.29, 1.82) is 0 Å². The molecular weight excluding hydrogens is 150 g/mol. The zero-order valence-electron chi connectivity index (χ0n) is 8.05. The van der Waals surface area contributed by atoms with Crippen molar-refractivity contribution in [1.82, 2.24) is 9.97 Å². The fraction of sp³-hybridized carbons (Fsp3) is 0.556. The lowest BCUT2D eigenvalue weighted by Crippen LogP contribution is -2.16. The van der Waals surface area contributed by atoms with Crippen molar-refractivity contribution < 1.29 is 0 Å². The minimum absolute atomic E-state index is 0.0207. The molecule has 3 heteroatoms. The van der Waals surface area contributed by atoms with E-state index in [1.165, 1.54) is 0 Å². The van der Waals surface area contributed by atoms with Gasteiger partial charge < -0.3 is 5.32 Å². The number of hydrogen-bond acceptors (Lipinski definition) is 3. The van der Waals surface area contributed by atoms with Crippen molar-refractivity contribution in [2.75, 3.05) is 12.4 Å². The van der Waals surface area contributed by atoms with Crippen LogP contribution in [0.3, 0.4) is 0 Å². The van der Waals surface area contributed by atoms with Crippen molar-refractivity contribution in [3.63, 3.8) is 0 Å². The lowest BCUT2D eigenvalue weighted by molar-refractivity contribution is 0.546. The topological polar surface area (TPSA) is 37.8 Å². The van der Waals surface area contributed by atoms with E-state index in [4.69, 9.17) is 0 Å². The summed E-state index contributed by atoms with van der Waals surface area (Å²) in [7, 11) is 1.86. The van der Waals surface area contributed by atoms with Gasteiger partial charge in [-0.3, -0.25) is 0 Å². The van der Waals surface area contributed by atoms with Crippen LogP contribution in [-0.2, 0) is 5.41 Å². The molecule has 0 bridgehead atoms. The van der Waals surface area contributed by atoms with Crippen LogP contribution in [0.15, 0.2) is 12.3 Å². The maximum atomic E-state index is 4.34. The Morgan fingerprint density at radius 2 is 2.00 bits per heavy atom. The average molecular weight is 165 g/mol. The van der Waals surface area contributed by atoms with Crippen LogP contribution >= 0.6 is 0 Å². The summed E-state index contributed by atoms with van der Waals surface area (Å²) >= 11 is 0. The molecule has 1 heterocycles. The number of nitrogens with one attached hydrogen (secondary N) is 1. The van der Waals surface area contributed by atoms with E-state index in [0.717, 1.165) is 11.6 Å². The molecule has 0 saturated heterocycles. The molecule has 0 radical (unpaired) electrons. The van der Waals surface area contributed by atoms with E-state index in [9.17, 15) is 0 Å². The summed E-state index contributed by atoms with van der Waals surface area (Å²) in [5, 5.41) is 2.99. The number of anilines is 1. The predicted molar refractivity (Wildman–Crippen MR) is 50.3 cm³/mol. The molecule has 0 saturated carbocycles. The summed E-state index contributed by atoms with van der Waals surface area (Å²) in [6.07, 6.45) is 1.78. The average Bonchev–Trinajstić information content (AvgIpc) is 2.03. The Morgan fingerprint density at radius 3 is 2.50 bits per heavy atom. The minimum atomic E-state index is 0.0207.